The zero-order chi connectivity index (χ0) is 27.7. The average molecular weight is 591 g/mol. The van der Waals surface area contributed by atoms with Crippen LogP contribution in [0.15, 0.2) is 59.8 Å². The van der Waals surface area contributed by atoms with Gasteiger partial charge in [-0.1, -0.05) is 35.3 Å². The molecule has 0 bridgehead atoms. The van der Waals surface area contributed by atoms with Crippen LogP contribution in [0.1, 0.15) is 34.7 Å². The summed E-state index contributed by atoms with van der Waals surface area (Å²) in [5.74, 6) is -0.358. The van der Waals surface area contributed by atoms with E-state index in [2.05, 4.69) is 15.4 Å². The summed E-state index contributed by atoms with van der Waals surface area (Å²) in [4.78, 5) is 30.1. The Labute approximate surface area is 232 Å². The third-order valence-electron chi connectivity index (χ3n) is 6.52. The highest BCUT2D eigenvalue weighted by Gasteiger charge is 2.29. The number of aromatic nitrogens is 3. The summed E-state index contributed by atoms with van der Waals surface area (Å²) in [5, 5.41) is 7.87. The zero-order valence-electron chi connectivity index (χ0n) is 20.1. The van der Waals surface area contributed by atoms with Crippen molar-refractivity contribution in [2.24, 2.45) is 0 Å². The summed E-state index contributed by atoms with van der Waals surface area (Å²) in [5.41, 5.74) is 1.37. The Morgan fingerprint density at radius 3 is 2.49 bits per heavy atom. The van der Waals surface area contributed by atoms with Gasteiger partial charge in [0.15, 0.2) is 10.5 Å². The van der Waals surface area contributed by atoms with E-state index in [0.717, 1.165) is 16.3 Å². The molecule has 0 spiro atoms. The minimum Gasteiger partial charge on any atom is -0.338 e. The standard InChI is InChI=1S/C25H21Cl2FN6O4S/c26-17-3-6-20(27)21(11-17)32-23-19(12-29-24-22(13-30-34(23)24)39(37,38)31-14-35)25(36)33-9-7-16(8-10-33)15-1-4-18(28)5-2-15/h1-6,11-14,16,32H,7-10H2,(H,31,35). The third kappa shape index (κ3) is 5.40. The van der Waals surface area contributed by atoms with Gasteiger partial charge in [0.1, 0.15) is 17.2 Å². The smallest absolute Gasteiger partial charge is 0.269 e. The van der Waals surface area contributed by atoms with Crippen LogP contribution in [-0.4, -0.2) is 53.3 Å². The second-order valence-corrected chi connectivity index (χ2v) is 11.4. The van der Waals surface area contributed by atoms with Crippen LogP contribution in [0.3, 0.4) is 0 Å². The fourth-order valence-electron chi connectivity index (χ4n) is 4.55. The first-order valence-corrected chi connectivity index (χ1v) is 14.0. The third-order valence-corrected chi connectivity index (χ3v) is 8.36. The summed E-state index contributed by atoms with van der Waals surface area (Å²) in [6.07, 6.45) is 3.68. The molecule has 5 rings (SSSR count). The molecule has 4 aromatic rings. The molecule has 0 aliphatic carbocycles. The number of piperidine rings is 1. The lowest BCUT2D eigenvalue weighted by Crippen LogP contribution is -2.38. The Kier molecular flexibility index (Phi) is 7.43. The van der Waals surface area contributed by atoms with Crippen LogP contribution in [0, 0.1) is 5.82 Å². The summed E-state index contributed by atoms with van der Waals surface area (Å²) in [7, 11) is -4.24. The molecule has 2 aromatic carbocycles. The molecular formula is C25H21Cl2FN6O4S. The maximum absolute atomic E-state index is 13.7. The molecule has 2 amide bonds. The van der Waals surface area contributed by atoms with Gasteiger partial charge in [0.2, 0.25) is 6.41 Å². The SMILES string of the molecule is O=CNS(=O)(=O)c1cnn2c(Nc3cc(Cl)ccc3Cl)c(C(=O)N3CCC(c4ccc(F)cc4)CC3)cnc12. The second kappa shape index (κ2) is 10.8. The molecule has 1 aliphatic heterocycles. The van der Waals surface area contributed by atoms with Crippen LogP contribution in [0.5, 0.6) is 0 Å². The molecule has 2 aromatic heterocycles. The number of halogens is 3. The van der Waals surface area contributed by atoms with E-state index in [-0.39, 0.29) is 46.0 Å². The van der Waals surface area contributed by atoms with E-state index in [1.807, 2.05) is 0 Å². The van der Waals surface area contributed by atoms with Crippen molar-refractivity contribution >= 4 is 62.7 Å². The Morgan fingerprint density at radius 1 is 1.08 bits per heavy atom. The van der Waals surface area contributed by atoms with E-state index in [4.69, 9.17) is 23.2 Å². The molecule has 39 heavy (non-hydrogen) atoms. The number of carbonyl (C=O) groups excluding carboxylic acids is 2. The van der Waals surface area contributed by atoms with E-state index in [1.54, 1.807) is 40.0 Å². The lowest BCUT2D eigenvalue weighted by Gasteiger charge is -2.32. The van der Waals surface area contributed by atoms with Crippen molar-refractivity contribution < 1.29 is 22.4 Å². The van der Waals surface area contributed by atoms with E-state index in [0.29, 0.717) is 41.7 Å². The number of amides is 2. The van der Waals surface area contributed by atoms with Gasteiger partial charge in [0.05, 0.1) is 16.9 Å². The first kappa shape index (κ1) is 26.9. The maximum atomic E-state index is 13.7. The number of rotatable bonds is 7. The summed E-state index contributed by atoms with van der Waals surface area (Å²) in [6, 6.07) is 11.1. The second-order valence-electron chi connectivity index (χ2n) is 8.87. The van der Waals surface area contributed by atoms with Crippen molar-refractivity contribution in [3.05, 3.63) is 81.8 Å². The molecule has 10 nitrogen and oxygen atoms in total. The normalized spacial score (nSPS) is 14.4. The van der Waals surface area contributed by atoms with E-state index >= 15 is 0 Å². The van der Waals surface area contributed by atoms with Crippen LogP contribution in [0.2, 0.25) is 10.0 Å². The predicted octanol–water partition coefficient (Wildman–Crippen LogP) is 4.37. The van der Waals surface area contributed by atoms with Crippen LogP contribution in [-0.2, 0) is 14.8 Å². The Hall–Kier alpha value is -3.74. The largest absolute Gasteiger partial charge is 0.338 e. The molecule has 2 N–H and O–H groups in total. The highest BCUT2D eigenvalue weighted by Crippen LogP contribution is 2.33. The quantitative estimate of drug-likeness (QED) is 0.306. The number of carbonyl (C=O) groups is 2. The maximum Gasteiger partial charge on any atom is 0.269 e. The van der Waals surface area contributed by atoms with Gasteiger partial charge >= 0.3 is 0 Å². The molecule has 3 heterocycles. The topological polar surface area (TPSA) is 126 Å². The van der Waals surface area contributed by atoms with Crippen LogP contribution < -0.4 is 10.0 Å². The number of sulfonamides is 1. The summed E-state index contributed by atoms with van der Waals surface area (Å²) in [6.45, 7) is 0.885. The monoisotopic (exact) mass is 590 g/mol. The lowest BCUT2D eigenvalue weighted by atomic mass is 9.89. The molecule has 0 saturated carbocycles. The van der Waals surface area contributed by atoms with Gasteiger partial charge in [-0.2, -0.15) is 9.61 Å². The minimum absolute atomic E-state index is 0.0389. The zero-order valence-corrected chi connectivity index (χ0v) is 22.5. The van der Waals surface area contributed by atoms with Gasteiger partial charge in [-0.05, 0) is 54.7 Å². The fourth-order valence-corrected chi connectivity index (χ4v) is 5.70. The first-order valence-electron chi connectivity index (χ1n) is 11.8. The number of fused-ring (bicyclic) bond motifs is 1. The van der Waals surface area contributed by atoms with Crippen molar-refractivity contribution in [3.63, 3.8) is 0 Å². The summed E-state index contributed by atoms with van der Waals surface area (Å²) < 4.78 is 41.3. The van der Waals surface area contributed by atoms with Gasteiger partial charge in [-0.25, -0.2) is 17.8 Å². The van der Waals surface area contributed by atoms with Gasteiger partial charge in [0.25, 0.3) is 15.9 Å². The van der Waals surface area contributed by atoms with Crippen molar-refractivity contribution in [2.75, 3.05) is 18.4 Å². The Balaban J connectivity index is 1.51. The molecule has 1 saturated heterocycles. The van der Waals surface area contributed by atoms with Crippen LogP contribution >= 0.6 is 23.2 Å². The van der Waals surface area contributed by atoms with E-state index in [9.17, 15) is 22.4 Å². The van der Waals surface area contributed by atoms with Gasteiger partial charge in [-0.15, -0.1) is 0 Å². The first-order chi connectivity index (χ1) is 18.7. The van der Waals surface area contributed by atoms with Crippen LogP contribution in [0.25, 0.3) is 5.65 Å². The number of nitrogens with one attached hydrogen (secondary N) is 2. The molecule has 1 aliphatic rings. The fraction of sp³-hybridized carbons (Fsp3) is 0.200. The number of likely N-dealkylation sites (tertiary alicyclic amines) is 1. The number of hydrogen-bond donors (Lipinski definition) is 2. The molecule has 0 atom stereocenters. The predicted molar refractivity (Wildman–Crippen MR) is 143 cm³/mol. The Morgan fingerprint density at radius 2 is 1.79 bits per heavy atom. The Bertz CT molecular complexity index is 1670. The number of hydrogen-bond acceptors (Lipinski definition) is 7. The lowest BCUT2D eigenvalue weighted by molar-refractivity contribution is -0.108. The summed E-state index contributed by atoms with van der Waals surface area (Å²) >= 11 is 12.5. The molecule has 0 radical (unpaired) electrons. The highest BCUT2D eigenvalue weighted by atomic mass is 35.5. The minimum atomic E-state index is -4.24. The number of nitrogens with zero attached hydrogens (tertiary/aromatic N) is 4. The van der Waals surface area contributed by atoms with Crippen molar-refractivity contribution in [1.29, 1.82) is 0 Å². The number of anilines is 2. The van der Waals surface area contributed by atoms with Crippen molar-refractivity contribution in [2.45, 2.75) is 23.7 Å². The van der Waals surface area contributed by atoms with Crippen molar-refractivity contribution in [1.82, 2.24) is 24.2 Å². The molecular weight excluding hydrogens is 570 g/mol. The highest BCUT2D eigenvalue weighted by molar-refractivity contribution is 7.90. The molecule has 14 heteroatoms. The van der Waals surface area contributed by atoms with Crippen molar-refractivity contribution in [3.8, 4) is 0 Å². The molecule has 202 valence electrons. The molecule has 1 fully saturated rings. The van der Waals surface area contributed by atoms with Crippen LogP contribution in [0.4, 0.5) is 15.9 Å². The van der Waals surface area contributed by atoms with Gasteiger partial charge in [-0.3, -0.25) is 14.3 Å². The van der Waals surface area contributed by atoms with E-state index in [1.165, 1.54) is 18.3 Å². The van der Waals surface area contributed by atoms with E-state index < -0.39 is 10.0 Å². The average Bonchev–Trinajstić information content (AvgIpc) is 3.37. The van der Waals surface area contributed by atoms with Gasteiger partial charge < -0.3 is 10.2 Å². The van der Waals surface area contributed by atoms with Gasteiger partial charge in [0, 0.05) is 24.3 Å². The number of benzene rings is 2. The molecule has 0 unspecified atom stereocenters.